The maximum Gasteiger partial charge on any atom is 0.355 e. The van der Waals surface area contributed by atoms with Gasteiger partial charge in [0.2, 0.25) is 0 Å². The number of ether oxygens (including phenoxy) is 4. The first-order valence-electron chi connectivity index (χ1n) is 9.37. The molecule has 1 aromatic rings. The van der Waals surface area contributed by atoms with Crippen LogP contribution < -0.4 is 4.90 Å². The zero-order chi connectivity index (χ0) is 21.2. The number of thioether (sulfide) groups is 1. The third kappa shape index (κ3) is 3.60. The fourth-order valence-electron chi connectivity index (χ4n) is 3.25. The second-order valence-corrected chi connectivity index (χ2v) is 7.38. The first-order valence-corrected chi connectivity index (χ1v) is 10.3. The molecule has 0 aromatic heterocycles. The lowest BCUT2D eigenvalue weighted by Crippen LogP contribution is -2.56. The Morgan fingerprint density at radius 3 is 2.31 bits per heavy atom. The summed E-state index contributed by atoms with van der Waals surface area (Å²) in [4.78, 5) is 41.2. The number of carbonyl (C=O) groups is 3. The van der Waals surface area contributed by atoms with Crippen LogP contribution in [0, 0.1) is 0 Å². The number of benzene rings is 1. The summed E-state index contributed by atoms with van der Waals surface area (Å²) in [5, 5.41) is 0. The minimum Gasteiger partial charge on any atom is -0.464 e. The molecule has 156 valence electrons. The van der Waals surface area contributed by atoms with Gasteiger partial charge in [-0.25, -0.2) is 14.4 Å². The molecule has 2 unspecified atom stereocenters. The van der Waals surface area contributed by atoms with Gasteiger partial charge in [-0.2, -0.15) is 0 Å². The van der Waals surface area contributed by atoms with Gasteiger partial charge in [0, 0.05) is 4.90 Å². The molecule has 0 radical (unpaired) electrons. The van der Waals surface area contributed by atoms with E-state index in [0.717, 1.165) is 4.90 Å². The van der Waals surface area contributed by atoms with Gasteiger partial charge in [-0.1, -0.05) is 23.9 Å². The van der Waals surface area contributed by atoms with Crippen LogP contribution >= 0.6 is 11.8 Å². The summed E-state index contributed by atoms with van der Waals surface area (Å²) >= 11 is 1.33. The highest BCUT2D eigenvalue weighted by molar-refractivity contribution is 8.00. The quantitative estimate of drug-likeness (QED) is 0.508. The van der Waals surface area contributed by atoms with Gasteiger partial charge in [0.15, 0.2) is 11.2 Å². The Labute approximate surface area is 173 Å². The van der Waals surface area contributed by atoms with Crippen LogP contribution in [0.4, 0.5) is 5.69 Å². The summed E-state index contributed by atoms with van der Waals surface area (Å²) in [5.74, 6) is -2.35. The molecule has 0 aliphatic carbocycles. The van der Waals surface area contributed by atoms with Crippen LogP contribution in [-0.4, -0.2) is 48.9 Å². The molecule has 0 saturated heterocycles. The molecule has 0 spiro atoms. The lowest BCUT2D eigenvalue weighted by Gasteiger charge is -2.41. The smallest absolute Gasteiger partial charge is 0.355 e. The number of esters is 3. The maximum atomic E-state index is 13.0. The summed E-state index contributed by atoms with van der Waals surface area (Å²) < 4.78 is 21.7. The van der Waals surface area contributed by atoms with Crippen molar-refractivity contribution in [2.45, 2.75) is 43.8 Å². The Bertz CT molecular complexity index is 868. The van der Waals surface area contributed by atoms with E-state index < -0.39 is 29.1 Å². The molecule has 2 atom stereocenters. The number of rotatable bonds is 6. The molecule has 0 fully saturated rings. The van der Waals surface area contributed by atoms with Gasteiger partial charge in [0.25, 0.3) is 0 Å². The Hall–Kier alpha value is -2.52. The molecule has 1 aromatic carbocycles. The fourth-order valence-corrected chi connectivity index (χ4v) is 4.48. The van der Waals surface area contributed by atoms with Crippen LogP contribution in [0.5, 0.6) is 0 Å². The van der Waals surface area contributed by atoms with E-state index in [1.807, 2.05) is 18.2 Å². The Morgan fingerprint density at radius 1 is 1.03 bits per heavy atom. The van der Waals surface area contributed by atoms with E-state index in [1.54, 1.807) is 31.7 Å². The van der Waals surface area contributed by atoms with Crippen LogP contribution in [-0.2, 0) is 33.3 Å². The highest BCUT2D eigenvalue weighted by atomic mass is 32.2. The van der Waals surface area contributed by atoms with Crippen LogP contribution in [0.1, 0.15) is 27.7 Å². The first-order chi connectivity index (χ1) is 13.9. The highest BCUT2D eigenvalue weighted by Gasteiger charge is 2.57. The molecule has 2 aliphatic heterocycles. The number of hydrogen-bond acceptors (Lipinski definition) is 9. The minimum absolute atomic E-state index is 0.0616. The predicted octanol–water partition coefficient (Wildman–Crippen LogP) is 2.61. The van der Waals surface area contributed by atoms with Crippen molar-refractivity contribution in [1.82, 2.24) is 0 Å². The highest BCUT2D eigenvalue weighted by Crippen LogP contribution is 2.51. The molecule has 3 rings (SSSR count). The van der Waals surface area contributed by atoms with Gasteiger partial charge >= 0.3 is 17.9 Å². The van der Waals surface area contributed by atoms with Crippen molar-refractivity contribution in [2.75, 3.05) is 24.7 Å². The van der Waals surface area contributed by atoms with Gasteiger partial charge in [-0.05, 0) is 39.8 Å². The van der Waals surface area contributed by atoms with Gasteiger partial charge < -0.3 is 18.9 Å². The second kappa shape index (κ2) is 8.46. The molecular formula is C20H23NO7S. The van der Waals surface area contributed by atoms with E-state index in [0.29, 0.717) is 5.69 Å². The summed E-state index contributed by atoms with van der Waals surface area (Å²) in [6.45, 7) is 6.61. The molecule has 0 amide bonds. The fraction of sp³-hybridized carbons (Fsp3) is 0.450. The largest absolute Gasteiger partial charge is 0.464 e. The Morgan fingerprint density at radius 2 is 1.66 bits per heavy atom. The van der Waals surface area contributed by atoms with Gasteiger partial charge in [0.1, 0.15) is 11.3 Å². The Balaban J connectivity index is 2.26. The van der Waals surface area contributed by atoms with Crippen LogP contribution in [0.15, 0.2) is 40.4 Å². The second-order valence-electron chi connectivity index (χ2n) is 6.30. The number of fused-ring (bicyclic) bond motifs is 3. The maximum absolute atomic E-state index is 13.0. The zero-order valence-electron chi connectivity index (χ0n) is 16.7. The first kappa shape index (κ1) is 21.2. The summed E-state index contributed by atoms with van der Waals surface area (Å²) in [6.07, 6.45) is 0. The van der Waals surface area contributed by atoms with E-state index in [9.17, 15) is 14.4 Å². The van der Waals surface area contributed by atoms with Crippen molar-refractivity contribution in [1.29, 1.82) is 0 Å². The van der Waals surface area contributed by atoms with Crippen molar-refractivity contribution in [3.63, 3.8) is 0 Å². The number of anilines is 1. The average molecular weight is 421 g/mol. The number of hydrogen-bond donors (Lipinski definition) is 0. The van der Waals surface area contributed by atoms with Crippen molar-refractivity contribution in [3.8, 4) is 0 Å². The van der Waals surface area contributed by atoms with E-state index >= 15 is 0 Å². The van der Waals surface area contributed by atoms with E-state index in [2.05, 4.69) is 0 Å². The number of para-hydroxylation sites is 1. The molecule has 0 saturated carbocycles. The predicted molar refractivity (Wildman–Crippen MR) is 105 cm³/mol. The van der Waals surface area contributed by atoms with Crippen molar-refractivity contribution >= 4 is 35.4 Å². The molecule has 9 heteroatoms. The monoisotopic (exact) mass is 421 g/mol. The molecule has 2 aliphatic rings. The Kier molecular flexibility index (Phi) is 6.18. The van der Waals surface area contributed by atoms with Gasteiger partial charge in [-0.15, -0.1) is 0 Å². The SMILES string of the molecule is CCOC(=O)C1=C(C(=O)OCC)C(C)(C(=O)OCC)OC2Sc3ccccc3N12. The molecule has 0 N–H and O–H groups in total. The van der Waals surface area contributed by atoms with Crippen LogP contribution in [0.3, 0.4) is 0 Å². The van der Waals surface area contributed by atoms with Gasteiger partial charge in [-0.3, -0.25) is 4.90 Å². The van der Waals surface area contributed by atoms with Crippen molar-refractivity contribution in [2.24, 2.45) is 0 Å². The van der Waals surface area contributed by atoms with E-state index in [4.69, 9.17) is 18.9 Å². The molecule has 0 bridgehead atoms. The van der Waals surface area contributed by atoms with E-state index in [-0.39, 0.29) is 31.1 Å². The molecule has 2 heterocycles. The normalized spacial score (nSPS) is 22.6. The van der Waals surface area contributed by atoms with Gasteiger partial charge in [0.05, 0.1) is 25.5 Å². The van der Waals surface area contributed by atoms with Crippen molar-refractivity contribution in [3.05, 3.63) is 35.5 Å². The molecule has 8 nitrogen and oxygen atoms in total. The lowest BCUT2D eigenvalue weighted by atomic mass is 9.91. The molecular weight excluding hydrogens is 398 g/mol. The average Bonchev–Trinajstić information content (AvgIpc) is 3.04. The van der Waals surface area contributed by atoms with Crippen molar-refractivity contribution < 1.29 is 33.3 Å². The number of nitrogens with zero attached hydrogens (tertiary/aromatic N) is 1. The summed E-state index contributed by atoms with van der Waals surface area (Å²) in [7, 11) is 0. The third-order valence-corrected chi connectivity index (χ3v) is 5.58. The summed E-state index contributed by atoms with van der Waals surface area (Å²) in [6, 6.07) is 7.35. The topological polar surface area (TPSA) is 91.4 Å². The zero-order valence-corrected chi connectivity index (χ0v) is 17.5. The minimum atomic E-state index is -1.83. The lowest BCUT2D eigenvalue weighted by molar-refractivity contribution is -0.172. The standard InChI is InChI=1S/C20H23NO7S/c1-5-25-16(22)14-15(17(23)26-6-2)21-12-10-8-9-11-13(12)29-19(21)28-20(14,4)18(24)27-7-3/h8-11,19H,5-7H2,1-4H3. The van der Waals surface area contributed by atoms with Crippen LogP contribution in [0.25, 0.3) is 0 Å². The molecule has 29 heavy (non-hydrogen) atoms. The third-order valence-electron chi connectivity index (χ3n) is 4.47. The van der Waals surface area contributed by atoms with E-state index in [1.165, 1.54) is 18.7 Å². The summed E-state index contributed by atoms with van der Waals surface area (Å²) in [5.41, 5.74) is -2.21. The van der Waals surface area contributed by atoms with Crippen LogP contribution in [0.2, 0.25) is 0 Å². The number of carbonyl (C=O) groups excluding carboxylic acids is 3.